The van der Waals surface area contributed by atoms with Gasteiger partial charge in [0.15, 0.2) is 0 Å². The van der Waals surface area contributed by atoms with Gasteiger partial charge in [-0.3, -0.25) is 9.59 Å². The first-order valence-electron chi connectivity index (χ1n) is 8.72. The molecule has 3 rings (SSSR count). The Bertz CT molecular complexity index is 810. The average Bonchev–Trinajstić information content (AvgIpc) is 3.17. The van der Waals surface area contributed by atoms with E-state index in [1.807, 2.05) is 0 Å². The molecule has 26 heavy (non-hydrogen) atoms. The zero-order valence-electron chi connectivity index (χ0n) is 14.4. The van der Waals surface area contributed by atoms with Gasteiger partial charge in [0, 0.05) is 32.1 Å². The quantitative estimate of drug-likeness (QED) is 0.787. The molecular formula is C17H23N3O5S. The van der Waals surface area contributed by atoms with Crippen LogP contribution in [-0.2, 0) is 14.8 Å². The summed E-state index contributed by atoms with van der Waals surface area (Å²) in [4.78, 5) is 25.5. The maximum atomic E-state index is 12.7. The van der Waals surface area contributed by atoms with Gasteiger partial charge in [0.2, 0.25) is 15.9 Å². The Labute approximate surface area is 152 Å². The third kappa shape index (κ3) is 3.54. The number of carbonyl (C=O) groups excluding carboxylic acids is 2. The summed E-state index contributed by atoms with van der Waals surface area (Å²) in [5.41, 5.74) is 5.26. The van der Waals surface area contributed by atoms with E-state index >= 15 is 0 Å². The fourth-order valence-corrected chi connectivity index (χ4v) is 5.01. The van der Waals surface area contributed by atoms with Crippen molar-refractivity contribution in [3.05, 3.63) is 23.8 Å². The van der Waals surface area contributed by atoms with Crippen LogP contribution >= 0.6 is 0 Å². The maximum absolute atomic E-state index is 12.7. The van der Waals surface area contributed by atoms with E-state index in [4.69, 9.17) is 5.73 Å². The van der Waals surface area contributed by atoms with Crippen LogP contribution < -0.4 is 5.73 Å². The molecule has 8 nitrogen and oxygen atoms in total. The standard InChI is InChI=1S/C17H23N3O5S/c18-16(22)12-5-9-19(10-6-12)17(23)14-11-13(3-4-15(14)21)26(24,25)20-7-1-2-8-20/h3-4,11-12,21H,1-2,5-10H2,(H2,18,22). The van der Waals surface area contributed by atoms with Gasteiger partial charge >= 0.3 is 0 Å². The predicted molar refractivity (Wildman–Crippen MR) is 93.9 cm³/mol. The Morgan fingerprint density at radius 2 is 1.69 bits per heavy atom. The van der Waals surface area contributed by atoms with Crippen molar-refractivity contribution in [2.24, 2.45) is 11.7 Å². The highest BCUT2D eigenvalue weighted by Crippen LogP contribution is 2.28. The van der Waals surface area contributed by atoms with E-state index in [2.05, 4.69) is 0 Å². The summed E-state index contributed by atoms with van der Waals surface area (Å²) in [5.74, 6) is -1.33. The first-order valence-corrected chi connectivity index (χ1v) is 10.2. The molecule has 0 unspecified atom stereocenters. The number of sulfonamides is 1. The van der Waals surface area contributed by atoms with E-state index in [-0.39, 0.29) is 28.0 Å². The van der Waals surface area contributed by atoms with Crippen LogP contribution in [0.3, 0.4) is 0 Å². The van der Waals surface area contributed by atoms with Crippen LogP contribution in [0.5, 0.6) is 5.75 Å². The molecule has 0 aromatic heterocycles. The second-order valence-electron chi connectivity index (χ2n) is 6.76. The largest absolute Gasteiger partial charge is 0.507 e. The molecule has 2 aliphatic rings. The van der Waals surface area contributed by atoms with E-state index in [0.29, 0.717) is 39.0 Å². The second-order valence-corrected chi connectivity index (χ2v) is 8.70. The topological polar surface area (TPSA) is 121 Å². The molecule has 0 bridgehead atoms. The Morgan fingerprint density at radius 3 is 2.27 bits per heavy atom. The van der Waals surface area contributed by atoms with E-state index in [0.717, 1.165) is 12.8 Å². The minimum absolute atomic E-state index is 0.00701. The van der Waals surface area contributed by atoms with Crippen molar-refractivity contribution in [3.8, 4) is 5.75 Å². The number of carbonyl (C=O) groups is 2. The van der Waals surface area contributed by atoms with Crippen LogP contribution in [0.2, 0.25) is 0 Å². The average molecular weight is 381 g/mol. The van der Waals surface area contributed by atoms with Crippen LogP contribution in [-0.4, -0.2) is 60.7 Å². The number of likely N-dealkylation sites (tertiary alicyclic amines) is 1. The number of rotatable bonds is 4. The molecule has 0 spiro atoms. The first-order chi connectivity index (χ1) is 12.3. The van der Waals surface area contributed by atoms with Gasteiger partial charge in [0.25, 0.3) is 5.91 Å². The lowest BCUT2D eigenvalue weighted by molar-refractivity contribution is -0.123. The molecule has 2 amide bonds. The van der Waals surface area contributed by atoms with Crippen LogP contribution in [0.25, 0.3) is 0 Å². The zero-order valence-corrected chi connectivity index (χ0v) is 15.2. The monoisotopic (exact) mass is 381 g/mol. The number of phenols is 1. The molecule has 2 fully saturated rings. The van der Waals surface area contributed by atoms with Crippen molar-refractivity contribution in [1.29, 1.82) is 0 Å². The summed E-state index contributed by atoms with van der Waals surface area (Å²) in [7, 11) is -3.67. The number of amides is 2. The summed E-state index contributed by atoms with van der Waals surface area (Å²) >= 11 is 0. The lowest BCUT2D eigenvalue weighted by Crippen LogP contribution is -2.41. The fraction of sp³-hybridized carbons (Fsp3) is 0.529. The number of benzene rings is 1. The number of piperidine rings is 1. The van der Waals surface area contributed by atoms with Crippen molar-refractivity contribution in [2.75, 3.05) is 26.2 Å². The van der Waals surface area contributed by atoms with Gasteiger partial charge in [-0.25, -0.2) is 8.42 Å². The van der Waals surface area contributed by atoms with Crippen molar-refractivity contribution >= 4 is 21.8 Å². The Balaban J connectivity index is 1.82. The summed E-state index contributed by atoms with van der Waals surface area (Å²) in [6, 6.07) is 3.80. The Hall–Kier alpha value is -2.13. The molecule has 0 atom stereocenters. The van der Waals surface area contributed by atoms with Gasteiger partial charge in [-0.1, -0.05) is 0 Å². The molecule has 1 aromatic carbocycles. The predicted octanol–water partition coefficient (Wildman–Crippen LogP) is 0.514. The molecule has 3 N–H and O–H groups in total. The molecule has 2 aliphatic heterocycles. The molecule has 0 saturated carbocycles. The van der Waals surface area contributed by atoms with E-state index in [1.165, 1.54) is 27.4 Å². The molecule has 2 saturated heterocycles. The molecule has 1 aromatic rings. The molecule has 0 aliphatic carbocycles. The van der Waals surface area contributed by atoms with Gasteiger partial charge in [0.05, 0.1) is 10.5 Å². The summed E-state index contributed by atoms with van der Waals surface area (Å²) in [5, 5.41) is 10.1. The third-order valence-electron chi connectivity index (χ3n) is 5.09. The van der Waals surface area contributed by atoms with Crippen molar-refractivity contribution in [1.82, 2.24) is 9.21 Å². The number of nitrogens with zero attached hydrogens (tertiary/aromatic N) is 2. The lowest BCUT2D eigenvalue weighted by Gasteiger charge is -2.30. The van der Waals surface area contributed by atoms with E-state index in [9.17, 15) is 23.1 Å². The van der Waals surface area contributed by atoms with E-state index < -0.39 is 15.9 Å². The van der Waals surface area contributed by atoms with E-state index in [1.54, 1.807) is 0 Å². The van der Waals surface area contributed by atoms with Crippen LogP contribution in [0.15, 0.2) is 23.1 Å². The first kappa shape index (κ1) is 18.7. The molecular weight excluding hydrogens is 358 g/mol. The number of hydrogen-bond acceptors (Lipinski definition) is 5. The Morgan fingerprint density at radius 1 is 1.08 bits per heavy atom. The third-order valence-corrected chi connectivity index (χ3v) is 6.98. The van der Waals surface area contributed by atoms with Gasteiger partial charge in [-0.05, 0) is 43.9 Å². The summed E-state index contributed by atoms with van der Waals surface area (Å²) in [6.45, 7) is 1.62. The minimum Gasteiger partial charge on any atom is -0.507 e. The molecule has 142 valence electrons. The fourth-order valence-electron chi connectivity index (χ4n) is 3.46. The van der Waals surface area contributed by atoms with Gasteiger partial charge in [-0.15, -0.1) is 0 Å². The number of primary amides is 1. The Kier molecular flexibility index (Phi) is 5.19. The SMILES string of the molecule is NC(=O)C1CCN(C(=O)c2cc(S(=O)(=O)N3CCCC3)ccc2O)CC1. The number of aromatic hydroxyl groups is 1. The normalized spacial score (nSPS) is 19.6. The minimum atomic E-state index is -3.67. The van der Waals surface area contributed by atoms with Crippen LogP contribution in [0.1, 0.15) is 36.0 Å². The summed E-state index contributed by atoms with van der Waals surface area (Å²) in [6.07, 6.45) is 2.57. The number of nitrogens with two attached hydrogens (primary N) is 1. The van der Waals surface area contributed by atoms with Crippen molar-refractivity contribution in [3.63, 3.8) is 0 Å². The highest BCUT2D eigenvalue weighted by Gasteiger charge is 2.31. The van der Waals surface area contributed by atoms with Gasteiger partial charge in [-0.2, -0.15) is 4.31 Å². The highest BCUT2D eigenvalue weighted by atomic mass is 32.2. The van der Waals surface area contributed by atoms with Gasteiger partial charge in [0.1, 0.15) is 5.75 Å². The number of phenolic OH excluding ortho intramolecular Hbond substituents is 1. The lowest BCUT2D eigenvalue weighted by atomic mass is 9.96. The molecule has 0 radical (unpaired) electrons. The second kappa shape index (κ2) is 7.24. The highest BCUT2D eigenvalue weighted by molar-refractivity contribution is 7.89. The zero-order chi connectivity index (χ0) is 18.9. The van der Waals surface area contributed by atoms with Gasteiger partial charge < -0.3 is 15.7 Å². The summed E-state index contributed by atoms with van der Waals surface area (Å²) < 4.78 is 26.8. The maximum Gasteiger partial charge on any atom is 0.257 e. The number of hydrogen-bond donors (Lipinski definition) is 2. The smallest absolute Gasteiger partial charge is 0.257 e. The van der Waals surface area contributed by atoms with Crippen molar-refractivity contribution < 1.29 is 23.1 Å². The molecule has 9 heteroatoms. The van der Waals surface area contributed by atoms with Crippen LogP contribution in [0.4, 0.5) is 0 Å². The van der Waals surface area contributed by atoms with Crippen LogP contribution in [0, 0.1) is 5.92 Å². The molecule has 2 heterocycles. The van der Waals surface area contributed by atoms with Crippen molar-refractivity contribution in [2.45, 2.75) is 30.6 Å².